The van der Waals surface area contributed by atoms with Crippen LogP contribution < -0.4 is 10.6 Å². The Kier molecular flexibility index (Phi) is 6.54. The highest BCUT2D eigenvalue weighted by Gasteiger charge is 2.10. The predicted molar refractivity (Wildman–Crippen MR) is 130 cm³/mol. The zero-order chi connectivity index (χ0) is 22.5. The first-order chi connectivity index (χ1) is 15.6. The molecule has 0 fully saturated rings. The monoisotopic (exact) mass is 429 g/mol. The number of fused-ring (bicyclic) bond motifs is 1. The van der Waals surface area contributed by atoms with Gasteiger partial charge >= 0.3 is 0 Å². The summed E-state index contributed by atoms with van der Waals surface area (Å²) in [5.74, 6) is 1.84. The summed E-state index contributed by atoms with van der Waals surface area (Å²) in [5, 5.41) is 11.5. The quantitative estimate of drug-likeness (QED) is 0.265. The van der Waals surface area contributed by atoms with E-state index in [0.29, 0.717) is 6.54 Å². The molecule has 32 heavy (non-hydrogen) atoms. The molecule has 2 heterocycles. The summed E-state index contributed by atoms with van der Waals surface area (Å²) in [6.45, 7) is 8.57. The van der Waals surface area contributed by atoms with E-state index in [-0.39, 0.29) is 0 Å². The number of aryl methyl sites for hydroxylation is 4. The van der Waals surface area contributed by atoms with Crippen molar-refractivity contribution in [2.45, 2.75) is 40.3 Å². The van der Waals surface area contributed by atoms with Gasteiger partial charge in [0.15, 0.2) is 5.96 Å². The lowest BCUT2D eigenvalue weighted by atomic mass is 10.1. The highest BCUT2D eigenvalue weighted by Crippen LogP contribution is 2.17. The Hall–Kier alpha value is -3.61. The van der Waals surface area contributed by atoms with Crippen LogP contribution in [0.2, 0.25) is 0 Å². The van der Waals surface area contributed by atoms with Gasteiger partial charge in [0, 0.05) is 32.4 Å². The largest absolute Gasteiger partial charge is 0.356 e. The van der Waals surface area contributed by atoms with E-state index in [9.17, 15) is 0 Å². The Bertz CT molecular complexity index is 1230. The fourth-order valence-corrected chi connectivity index (χ4v) is 4.06. The minimum absolute atomic E-state index is 0.666. The van der Waals surface area contributed by atoms with Gasteiger partial charge in [0.25, 0.3) is 0 Å². The van der Waals surface area contributed by atoms with Crippen LogP contribution in [0.25, 0.3) is 16.7 Å². The third-order valence-electron chi connectivity index (χ3n) is 5.60. The lowest BCUT2D eigenvalue weighted by Gasteiger charge is -2.15. The van der Waals surface area contributed by atoms with E-state index in [0.717, 1.165) is 53.9 Å². The maximum Gasteiger partial charge on any atom is 0.191 e. The Morgan fingerprint density at radius 1 is 1.00 bits per heavy atom. The molecule has 0 saturated carbocycles. The molecule has 0 bridgehead atoms. The maximum atomic E-state index is 4.65. The molecule has 7 nitrogen and oxygen atoms in total. The molecule has 166 valence electrons. The lowest BCUT2D eigenvalue weighted by molar-refractivity contribution is 0.624. The topological polar surface area (TPSA) is 72.1 Å². The lowest BCUT2D eigenvalue weighted by Crippen LogP contribution is -2.37. The first-order valence-electron chi connectivity index (χ1n) is 11.0. The number of para-hydroxylation sites is 3. The summed E-state index contributed by atoms with van der Waals surface area (Å²) in [6.07, 6.45) is 0.976. The molecule has 0 radical (unpaired) electrons. The number of benzene rings is 2. The maximum absolute atomic E-state index is 4.65. The summed E-state index contributed by atoms with van der Waals surface area (Å²) < 4.78 is 4.28. The SMILES string of the molecule is CN=C(NCCCn1c(C)nc2ccccc21)NCc1ccccc1-n1nc(C)cc1C. The molecule has 0 atom stereocenters. The van der Waals surface area contributed by atoms with Crippen LogP contribution in [0.5, 0.6) is 0 Å². The average Bonchev–Trinajstić information content (AvgIpc) is 3.30. The molecule has 2 aromatic carbocycles. The molecule has 0 unspecified atom stereocenters. The van der Waals surface area contributed by atoms with Crippen molar-refractivity contribution in [3.63, 3.8) is 0 Å². The van der Waals surface area contributed by atoms with Gasteiger partial charge in [-0.2, -0.15) is 5.10 Å². The van der Waals surface area contributed by atoms with Gasteiger partial charge in [0.1, 0.15) is 5.82 Å². The normalized spacial score (nSPS) is 11.8. The second kappa shape index (κ2) is 9.68. The molecule has 2 aromatic heterocycles. The van der Waals surface area contributed by atoms with Crippen LogP contribution in [0, 0.1) is 20.8 Å². The second-order valence-corrected chi connectivity index (χ2v) is 7.97. The number of aromatic nitrogens is 4. The van der Waals surface area contributed by atoms with Gasteiger partial charge in [-0.1, -0.05) is 30.3 Å². The molecule has 4 aromatic rings. The molecule has 7 heteroatoms. The van der Waals surface area contributed by atoms with Crippen LogP contribution in [-0.4, -0.2) is 38.9 Å². The number of hydrogen-bond acceptors (Lipinski definition) is 3. The van der Waals surface area contributed by atoms with Crippen molar-refractivity contribution >= 4 is 17.0 Å². The zero-order valence-corrected chi connectivity index (χ0v) is 19.3. The minimum Gasteiger partial charge on any atom is -0.356 e. The third-order valence-corrected chi connectivity index (χ3v) is 5.60. The molecule has 0 amide bonds. The van der Waals surface area contributed by atoms with Crippen molar-refractivity contribution < 1.29 is 0 Å². The zero-order valence-electron chi connectivity index (χ0n) is 19.3. The standard InChI is InChI=1S/C25H31N7/c1-18-16-19(2)32(30-18)23-12-7-5-10-21(23)17-28-25(26-4)27-14-9-15-31-20(3)29-22-11-6-8-13-24(22)31/h5-8,10-13,16H,9,14-15,17H2,1-4H3,(H2,26,27,28). The van der Waals surface area contributed by atoms with Crippen molar-refractivity contribution in [1.29, 1.82) is 0 Å². The van der Waals surface area contributed by atoms with Crippen molar-refractivity contribution in [2.24, 2.45) is 4.99 Å². The highest BCUT2D eigenvalue weighted by atomic mass is 15.3. The van der Waals surface area contributed by atoms with E-state index in [1.165, 1.54) is 11.1 Å². The molecular formula is C25H31N7. The number of nitrogens with zero attached hydrogens (tertiary/aromatic N) is 5. The number of rotatable bonds is 7. The third kappa shape index (κ3) is 4.66. The Balaban J connectivity index is 1.33. The molecule has 0 aliphatic rings. The number of guanidine groups is 1. The van der Waals surface area contributed by atoms with E-state index < -0.39 is 0 Å². The molecular weight excluding hydrogens is 398 g/mol. The van der Waals surface area contributed by atoms with Crippen LogP contribution in [0.15, 0.2) is 59.6 Å². The molecule has 0 aliphatic carbocycles. The van der Waals surface area contributed by atoms with Crippen LogP contribution >= 0.6 is 0 Å². The van der Waals surface area contributed by atoms with E-state index in [1.807, 2.05) is 23.7 Å². The Morgan fingerprint density at radius 3 is 2.56 bits per heavy atom. The number of aliphatic imine (C=N–C) groups is 1. The smallest absolute Gasteiger partial charge is 0.191 e. The van der Waals surface area contributed by atoms with Crippen molar-refractivity contribution in [3.05, 3.63) is 77.4 Å². The molecule has 0 saturated heterocycles. The van der Waals surface area contributed by atoms with Crippen molar-refractivity contribution in [1.82, 2.24) is 30.0 Å². The first kappa shape index (κ1) is 21.6. The Labute approximate surface area is 189 Å². The molecule has 4 rings (SSSR count). The van der Waals surface area contributed by atoms with Gasteiger partial charge in [-0.15, -0.1) is 0 Å². The van der Waals surface area contributed by atoms with E-state index >= 15 is 0 Å². The summed E-state index contributed by atoms with van der Waals surface area (Å²) in [7, 11) is 1.80. The van der Waals surface area contributed by atoms with E-state index in [1.54, 1.807) is 7.05 Å². The van der Waals surface area contributed by atoms with Gasteiger partial charge in [0.2, 0.25) is 0 Å². The van der Waals surface area contributed by atoms with Gasteiger partial charge < -0.3 is 15.2 Å². The second-order valence-electron chi connectivity index (χ2n) is 7.97. The summed E-state index contributed by atoms with van der Waals surface area (Å²) >= 11 is 0. The molecule has 0 spiro atoms. The van der Waals surface area contributed by atoms with Crippen LogP contribution in [-0.2, 0) is 13.1 Å². The fourth-order valence-electron chi connectivity index (χ4n) is 4.06. The van der Waals surface area contributed by atoms with Crippen LogP contribution in [0.4, 0.5) is 0 Å². The number of imidazole rings is 1. The summed E-state index contributed by atoms with van der Waals surface area (Å²) in [5.41, 5.74) is 6.64. The number of nitrogens with one attached hydrogen (secondary N) is 2. The van der Waals surface area contributed by atoms with Gasteiger partial charge in [-0.05, 0) is 57.0 Å². The van der Waals surface area contributed by atoms with E-state index in [4.69, 9.17) is 0 Å². The van der Waals surface area contributed by atoms with Crippen LogP contribution in [0.3, 0.4) is 0 Å². The van der Waals surface area contributed by atoms with Gasteiger partial charge in [0.05, 0.1) is 22.4 Å². The number of hydrogen-bond donors (Lipinski definition) is 2. The van der Waals surface area contributed by atoms with Gasteiger partial charge in [-0.25, -0.2) is 9.67 Å². The highest BCUT2D eigenvalue weighted by molar-refractivity contribution is 5.79. The molecule has 2 N–H and O–H groups in total. The fraction of sp³-hybridized carbons (Fsp3) is 0.320. The first-order valence-corrected chi connectivity index (χ1v) is 11.0. The predicted octanol–water partition coefficient (Wildman–Crippen LogP) is 3.90. The summed E-state index contributed by atoms with van der Waals surface area (Å²) in [6, 6.07) is 18.7. The van der Waals surface area contributed by atoms with Crippen molar-refractivity contribution in [2.75, 3.05) is 13.6 Å². The van der Waals surface area contributed by atoms with Crippen LogP contribution in [0.1, 0.15) is 29.2 Å². The van der Waals surface area contributed by atoms with Gasteiger partial charge in [-0.3, -0.25) is 4.99 Å². The van der Waals surface area contributed by atoms with E-state index in [2.05, 4.69) is 86.6 Å². The molecule has 0 aliphatic heterocycles. The summed E-state index contributed by atoms with van der Waals surface area (Å²) in [4.78, 5) is 9.03. The van der Waals surface area contributed by atoms with Crippen molar-refractivity contribution in [3.8, 4) is 5.69 Å². The minimum atomic E-state index is 0.666. The Morgan fingerprint density at radius 2 is 1.78 bits per heavy atom. The average molecular weight is 430 g/mol.